The summed E-state index contributed by atoms with van der Waals surface area (Å²) < 4.78 is 7.26. The maximum atomic E-state index is 5.45. The number of nitrogens with zero attached hydrogens (tertiary/aromatic N) is 3. The van der Waals surface area contributed by atoms with Crippen LogP contribution >= 0.6 is 0 Å². The molecule has 1 aliphatic rings. The number of ether oxygens (including phenoxy) is 1. The van der Waals surface area contributed by atoms with E-state index in [1.807, 2.05) is 18.7 Å². The van der Waals surface area contributed by atoms with Gasteiger partial charge in [-0.1, -0.05) is 13.8 Å². The lowest BCUT2D eigenvalue weighted by molar-refractivity contribution is 0.186. The average Bonchev–Trinajstić information content (AvgIpc) is 3.03. The lowest BCUT2D eigenvalue weighted by atomic mass is 10.0. The van der Waals surface area contributed by atoms with E-state index in [4.69, 9.17) is 4.74 Å². The molecule has 120 valence electrons. The van der Waals surface area contributed by atoms with E-state index in [9.17, 15) is 0 Å². The first-order chi connectivity index (χ1) is 10.0. The number of methoxy groups -OCH3 is 1. The van der Waals surface area contributed by atoms with Crippen LogP contribution in [0, 0.1) is 12.8 Å². The fourth-order valence-corrected chi connectivity index (χ4v) is 3.34. The molecule has 0 aliphatic carbocycles. The SMILES string of the molecule is COc1c(CNCC(C(C)C)N2CCCC2)c(C)nn1C. The highest BCUT2D eigenvalue weighted by molar-refractivity contribution is 5.30. The van der Waals surface area contributed by atoms with Crippen LogP contribution in [0.5, 0.6) is 5.88 Å². The standard InChI is InChI=1S/C16H30N4O/c1-12(2)15(20-8-6-7-9-20)11-17-10-14-13(3)18-19(4)16(14)21-5/h12,15,17H,6-11H2,1-5H3. The topological polar surface area (TPSA) is 42.3 Å². The zero-order valence-electron chi connectivity index (χ0n) is 14.1. The van der Waals surface area contributed by atoms with E-state index >= 15 is 0 Å². The third-order valence-electron chi connectivity index (χ3n) is 4.52. The van der Waals surface area contributed by atoms with Crippen LogP contribution in [-0.2, 0) is 13.6 Å². The fourth-order valence-electron chi connectivity index (χ4n) is 3.34. The first-order valence-electron chi connectivity index (χ1n) is 8.05. The maximum Gasteiger partial charge on any atom is 0.216 e. The third-order valence-corrected chi connectivity index (χ3v) is 4.52. The average molecular weight is 294 g/mol. The Labute approximate surface area is 128 Å². The molecule has 0 amide bonds. The van der Waals surface area contributed by atoms with E-state index in [2.05, 4.69) is 29.2 Å². The predicted octanol–water partition coefficient (Wildman–Crippen LogP) is 1.95. The summed E-state index contributed by atoms with van der Waals surface area (Å²) in [6.07, 6.45) is 2.69. The number of aryl methyl sites for hydroxylation is 2. The second-order valence-corrected chi connectivity index (χ2v) is 6.38. The Morgan fingerprint density at radius 1 is 1.29 bits per heavy atom. The van der Waals surface area contributed by atoms with Crippen LogP contribution in [0.1, 0.15) is 37.9 Å². The minimum atomic E-state index is 0.621. The molecule has 1 unspecified atom stereocenters. The van der Waals surface area contributed by atoms with Gasteiger partial charge >= 0.3 is 0 Å². The Morgan fingerprint density at radius 2 is 1.95 bits per heavy atom. The molecule has 21 heavy (non-hydrogen) atoms. The normalized spacial score (nSPS) is 17.6. The number of likely N-dealkylation sites (tertiary alicyclic amines) is 1. The van der Waals surface area contributed by atoms with E-state index in [0.717, 1.165) is 24.7 Å². The Bertz CT molecular complexity index is 449. The Hall–Kier alpha value is -1.07. The van der Waals surface area contributed by atoms with Crippen LogP contribution in [0.15, 0.2) is 0 Å². The predicted molar refractivity (Wildman–Crippen MR) is 85.6 cm³/mol. The third kappa shape index (κ3) is 3.77. The molecule has 0 saturated carbocycles. The molecule has 0 spiro atoms. The molecule has 1 aromatic heterocycles. The summed E-state index contributed by atoms with van der Waals surface area (Å²) in [7, 11) is 3.64. The van der Waals surface area contributed by atoms with Gasteiger partial charge < -0.3 is 10.1 Å². The Kier molecular flexibility index (Phi) is 5.65. The van der Waals surface area contributed by atoms with Crippen LogP contribution in [0.25, 0.3) is 0 Å². The first kappa shape index (κ1) is 16.3. The zero-order chi connectivity index (χ0) is 15.4. The van der Waals surface area contributed by atoms with Gasteiger partial charge in [0.1, 0.15) is 0 Å². The molecule has 0 radical (unpaired) electrons. The quantitative estimate of drug-likeness (QED) is 0.834. The van der Waals surface area contributed by atoms with Gasteiger partial charge in [0.15, 0.2) is 0 Å². The largest absolute Gasteiger partial charge is 0.481 e. The molecule has 1 aromatic rings. The van der Waals surface area contributed by atoms with Crippen molar-refractivity contribution in [3.05, 3.63) is 11.3 Å². The molecule has 2 rings (SSSR count). The molecule has 1 N–H and O–H groups in total. The van der Waals surface area contributed by atoms with Crippen molar-refractivity contribution in [2.45, 2.75) is 46.2 Å². The van der Waals surface area contributed by atoms with Crippen molar-refractivity contribution >= 4 is 0 Å². The van der Waals surface area contributed by atoms with E-state index in [-0.39, 0.29) is 0 Å². The van der Waals surface area contributed by atoms with Crippen molar-refractivity contribution in [2.75, 3.05) is 26.7 Å². The van der Waals surface area contributed by atoms with Crippen LogP contribution < -0.4 is 10.1 Å². The zero-order valence-corrected chi connectivity index (χ0v) is 14.1. The van der Waals surface area contributed by atoms with Crippen molar-refractivity contribution in [3.63, 3.8) is 0 Å². The van der Waals surface area contributed by atoms with Crippen LogP contribution in [0.4, 0.5) is 0 Å². The lowest BCUT2D eigenvalue weighted by Crippen LogP contribution is -2.44. The molecule has 1 fully saturated rings. The Morgan fingerprint density at radius 3 is 2.52 bits per heavy atom. The van der Waals surface area contributed by atoms with Gasteiger partial charge in [-0.15, -0.1) is 0 Å². The number of nitrogens with one attached hydrogen (secondary N) is 1. The lowest BCUT2D eigenvalue weighted by Gasteiger charge is -2.31. The van der Waals surface area contributed by atoms with Crippen LogP contribution in [0.3, 0.4) is 0 Å². The van der Waals surface area contributed by atoms with Gasteiger partial charge in [0.05, 0.1) is 18.4 Å². The van der Waals surface area contributed by atoms with Gasteiger partial charge in [-0.25, -0.2) is 4.68 Å². The first-order valence-corrected chi connectivity index (χ1v) is 8.05. The highest BCUT2D eigenvalue weighted by Gasteiger charge is 2.24. The summed E-state index contributed by atoms with van der Waals surface area (Å²) in [5.74, 6) is 1.54. The van der Waals surface area contributed by atoms with Crippen molar-refractivity contribution in [1.29, 1.82) is 0 Å². The van der Waals surface area contributed by atoms with Gasteiger partial charge in [0, 0.05) is 26.2 Å². The molecular formula is C16H30N4O. The Balaban J connectivity index is 1.93. The highest BCUT2D eigenvalue weighted by Crippen LogP contribution is 2.21. The summed E-state index contributed by atoms with van der Waals surface area (Å²) in [5.41, 5.74) is 2.22. The van der Waals surface area contributed by atoms with Crippen LogP contribution in [-0.4, -0.2) is 47.5 Å². The van der Waals surface area contributed by atoms with Gasteiger partial charge in [-0.2, -0.15) is 5.10 Å². The molecule has 5 nitrogen and oxygen atoms in total. The smallest absolute Gasteiger partial charge is 0.216 e. The summed E-state index contributed by atoms with van der Waals surface area (Å²) in [5, 5.41) is 8.05. The monoisotopic (exact) mass is 294 g/mol. The number of hydrogen-bond acceptors (Lipinski definition) is 4. The van der Waals surface area contributed by atoms with E-state index in [1.165, 1.54) is 31.5 Å². The van der Waals surface area contributed by atoms with Crippen LogP contribution in [0.2, 0.25) is 0 Å². The van der Waals surface area contributed by atoms with Crippen molar-refractivity contribution < 1.29 is 4.74 Å². The highest BCUT2D eigenvalue weighted by atomic mass is 16.5. The molecule has 1 atom stereocenters. The van der Waals surface area contributed by atoms with Gasteiger partial charge in [0.25, 0.3) is 0 Å². The minimum Gasteiger partial charge on any atom is -0.481 e. The van der Waals surface area contributed by atoms with E-state index in [1.54, 1.807) is 7.11 Å². The number of rotatable bonds is 7. The number of aromatic nitrogens is 2. The maximum absolute atomic E-state index is 5.45. The summed E-state index contributed by atoms with van der Waals surface area (Å²) >= 11 is 0. The molecule has 0 bridgehead atoms. The number of hydrogen-bond donors (Lipinski definition) is 1. The van der Waals surface area contributed by atoms with Gasteiger partial charge in [-0.3, -0.25) is 4.90 Å². The van der Waals surface area contributed by atoms with E-state index < -0.39 is 0 Å². The van der Waals surface area contributed by atoms with Crippen molar-refractivity contribution in [1.82, 2.24) is 20.0 Å². The van der Waals surface area contributed by atoms with Crippen molar-refractivity contribution in [2.24, 2.45) is 13.0 Å². The summed E-state index contributed by atoms with van der Waals surface area (Å²) in [4.78, 5) is 2.63. The van der Waals surface area contributed by atoms with E-state index in [0.29, 0.717) is 12.0 Å². The summed E-state index contributed by atoms with van der Waals surface area (Å²) in [6, 6.07) is 0.621. The summed E-state index contributed by atoms with van der Waals surface area (Å²) in [6.45, 7) is 11.0. The fraction of sp³-hybridized carbons (Fsp3) is 0.812. The molecule has 1 saturated heterocycles. The van der Waals surface area contributed by atoms with Crippen molar-refractivity contribution in [3.8, 4) is 5.88 Å². The molecule has 1 aliphatic heterocycles. The minimum absolute atomic E-state index is 0.621. The molecule has 5 heteroatoms. The second kappa shape index (κ2) is 7.27. The van der Waals surface area contributed by atoms with Gasteiger partial charge in [0.2, 0.25) is 5.88 Å². The molecular weight excluding hydrogens is 264 g/mol. The van der Waals surface area contributed by atoms with Gasteiger partial charge in [-0.05, 0) is 38.8 Å². The second-order valence-electron chi connectivity index (χ2n) is 6.38. The molecule has 0 aromatic carbocycles. The molecule has 2 heterocycles.